The van der Waals surface area contributed by atoms with E-state index in [1.807, 2.05) is 28.9 Å². The summed E-state index contributed by atoms with van der Waals surface area (Å²) >= 11 is 6.02. The molecule has 0 atom stereocenters. The largest absolute Gasteiger partial charge is 0.352 e. The van der Waals surface area contributed by atoms with Gasteiger partial charge in [-0.2, -0.15) is 5.10 Å². The van der Waals surface area contributed by atoms with Crippen molar-refractivity contribution in [2.24, 2.45) is 5.92 Å². The van der Waals surface area contributed by atoms with Gasteiger partial charge in [-0.1, -0.05) is 53.1 Å². The summed E-state index contributed by atoms with van der Waals surface area (Å²) in [5, 5.41) is 8.52. The number of halogens is 1. The molecule has 1 N–H and O–H groups in total. The molecule has 25 heavy (non-hydrogen) atoms. The lowest BCUT2D eigenvalue weighted by Crippen LogP contribution is -2.29. The summed E-state index contributed by atoms with van der Waals surface area (Å²) in [5.74, 6) is 0.683. The van der Waals surface area contributed by atoms with Crippen LogP contribution in [0.15, 0.2) is 24.3 Å². The predicted molar refractivity (Wildman–Crippen MR) is 104 cm³/mol. The summed E-state index contributed by atoms with van der Waals surface area (Å²) < 4.78 is 1.89. The number of carbonyl (C=O) groups is 1. The molecule has 0 radical (unpaired) electrons. The van der Waals surface area contributed by atoms with Crippen LogP contribution in [-0.4, -0.2) is 22.2 Å². The molecule has 1 heterocycles. The van der Waals surface area contributed by atoms with Crippen LogP contribution < -0.4 is 5.32 Å². The van der Waals surface area contributed by atoms with E-state index in [0.29, 0.717) is 23.0 Å². The third kappa shape index (κ3) is 4.43. The third-order valence-corrected chi connectivity index (χ3v) is 4.26. The zero-order valence-electron chi connectivity index (χ0n) is 15.9. The molecular weight excluding hydrogens is 334 g/mol. The maximum absolute atomic E-state index is 12.9. The zero-order chi connectivity index (χ0) is 18.7. The Labute approximate surface area is 155 Å². The molecule has 4 nitrogen and oxygen atoms in total. The predicted octanol–water partition coefficient (Wildman–Crippen LogP) is 5.16. The second-order valence-electron chi connectivity index (χ2n) is 7.45. The normalized spacial score (nSPS) is 11.6. The Morgan fingerprint density at radius 3 is 2.16 bits per heavy atom. The van der Waals surface area contributed by atoms with E-state index in [1.54, 1.807) is 0 Å². The maximum Gasteiger partial charge on any atom is 0.255 e. The number of nitrogens with zero attached hydrogens (tertiary/aromatic N) is 2. The minimum Gasteiger partial charge on any atom is -0.352 e. The first kappa shape index (κ1) is 19.5. The van der Waals surface area contributed by atoms with Crippen LogP contribution in [-0.2, 0) is 0 Å². The fourth-order valence-corrected chi connectivity index (χ4v) is 2.91. The Morgan fingerprint density at radius 1 is 1.08 bits per heavy atom. The number of aromatic nitrogens is 2. The van der Waals surface area contributed by atoms with Gasteiger partial charge in [-0.05, 0) is 42.0 Å². The van der Waals surface area contributed by atoms with Gasteiger partial charge in [-0.15, -0.1) is 0 Å². The average molecular weight is 362 g/mol. The topological polar surface area (TPSA) is 46.9 Å². The summed E-state index contributed by atoms with van der Waals surface area (Å²) in [5.41, 5.74) is 3.39. The van der Waals surface area contributed by atoms with Crippen LogP contribution in [0.5, 0.6) is 0 Å². The molecule has 0 spiro atoms. The van der Waals surface area contributed by atoms with Crippen LogP contribution in [0.2, 0.25) is 5.02 Å². The SMILES string of the molecule is CC(C)CNC(=O)c1c(C(C)C)nn(-c2ccc(Cl)cc2)c1C(C)C. The molecule has 0 fully saturated rings. The van der Waals surface area contributed by atoms with Crippen molar-refractivity contribution >= 4 is 17.5 Å². The lowest BCUT2D eigenvalue weighted by Gasteiger charge is -2.14. The highest BCUT2D eigenvalue weighted by atomic mass is 35.5. The molecule has 0 aliphatic heterocycles. The maximum atomic E-state index is 12.9. The Bertz CT molecular complexity index is 730. The van der Waals surface area contributed by atoms with Gasteiger partial charge in [-0.25, -0.2) is 4.68 Å². The summed E-state index contributed by atoms with van der Waals surface area (Å²) in [6, 6.07) is 7.55. The summed E-state index contributed by atoms with van der Waals surface area (Å²) in [6.07, 6.45) is 0. The van der Waals surface area contributed by atoms with Crippen molar-refractivity contribution < 1.29 is 4.79 Å². The molecule has 2 rings (SSSR count). The molecule has 136 valence electrons. The Morgan fingerprint density at radius 2 is 1.68 bits per heavy atom. The minimum atomic E-state index is -0.0405. The molecule has 0 bridgehead atoms. The third-order valence-electron chi connectivity index (χ3n) is 4.01. The molecule has 2 aromatic rings. The van der Waals surface area contributed by atoms with Crippen molar-refractivity contribution in [3.63, 3.8) is 0 Å². The number of carbonyl (C=O) groups excluding carboxylic acids is 1. The van der Waals surface area contributed by atoms with Crippen molar-refractivity contribution in [3.05, 3.63) is 46.2 Å². The van der Waals surface area contributed by atoms with E-state index in [2.05, 4.69) is 46.9 Å². The molecule has 1 aromatic carbocycles. The van der Waals surface area contributed by atoms with Crippen LogP contribution in [0, 0.1) is 5.92 Å². The summed E-state index contributed by atoms with van der Waals surface area (Å²) in [6.45, 7) is 13.1. The first-order chi connectivity index (χ1) is 11.7. The van der Waals surface area contributed by atoms with E-state index in [0.717, 1.165) is 17.1 Å². The van der Waals surface area contributed by atoms with Gasteiger partial charge in [0.25, 0.3) is 5.91 Å². The highest BCUT2D eigenvalue weighted by Crippen LogP contribution is 2.30. The van der Waals surface area contributed by atoms with E-state index in [9.17, 15) is 4.79 Å². The van der Waals surface area contributed by atoms with E-state index < -0.39 is 0 Å². The number of hydrogen-bond acceptors (Lipinski definition) is 2. The van der Waals surface area contributed by atoms with Gasteiger partial charge in [0.2, 0.25) is 0 Å². The number of benzene rings is 1. The highest BCUT2D eigenvalue weighted by molar-refractivity contribution is 6.30. The van der Waals surface area contributed by atoms with Gasteiger partial charge >= 0.3 is 0 Å². The lowest BCUT2D eigenvalue weighted by atomic mass is 9.98. The molecular formula is C20H28ClN3O. The zero-order valence-corrected chi connectivity index (χ0v) is 16.7. The quantitative estimate of drug-likeness (QED) is 0.772. The summed E-state index contributed by atoms with van der Waals surface area (Å²) in [4.78, 5) is 12.9. The van der Waals surface area contributed by atoms with Crippen LogP contribution in [0.3, 0.4) is 0 Å². The standard InChI is InChI=1S/C20H28ClN3O/c1-12(2)11-22-20(25)17-18(13(3)4)23-24(19(17)14(5)6)16-9-7-15(21)8-10-16/h7-10,12-14H,11H2,1-6H3,(H,22,25). The van der Waals surface area contributed by atoms with Crippen molar-refractivity contribution in [2.45, 2.75) is 53.4 Å². The first-order valence-electron chi connectivity index (χ1n) is 8.89. The van der Waals surface area contributed by atoms with Gasteiger partial charge in [0.1, 0.15) is 0 Å². The van der Waals surface area contributed by atoms with Crippen LogP contribution in [0.1, 0.15) is 75.1 Å². The Kier molecular flexibility index (Phi) is 6.28. The lowest BCUT2D eigenvalue weighted by molar-refractivity contribution is 0.0946. The van der Waals surface area contributed by atoms with Gasteiger partial charge in [-0.3, -0.25) is 4.79 Å². The molecule has 0 saturated heterocycles. The minimum absolute atomic E-state index is 0.0405. The van der Waals surface area contributed by atoms with Crippen LogP contribution in [0.25, 0.3) is 5.69 Å². The van der Waals surface area contributed by atoms with E-state index in [1.165, 1.54) is 0 Å². The van der Waals surface area contributed by atoms with Crippen LogP contribution in [0.4, 0.5) is 0 Å². The van der Waals surface area contributed by atoms with Gasteiger partial charge in [0.05, 0.1) is 22.6 Å². The number of rotatable bonds is 6. The van der Waals surface area contributed by atoms with Crippen molar-refractivity contribution in [1.29, 1.82) is 0 Å². The van der Waals surface area contributed by atoms with Crippen molar-refractivity contribution in [3.8, 4) is 5.69 Å². The van der Waals surface area contributed by atoms with Crippen LogP contribution >= 0.6 is 11.6 Å². The van der Waals surface area contributed by atoms with Crippen molar-refractivity contribution in [1.82, 2.24) is 15.1 Å². The fourth-order valence-electron chi connectivity index (χ4n) is 2.78. The summed E-state index contributed by atoms with van der Waals surface area (Å²) in [7, 11) is 0. The van der Waals surface area contributed by atoms with Gasteiger partial charge < -0.3 is 5.32 Å². The molecule has 5 heteroatoms. The molecule has 1 amide bonds. The average Bonchev–Trinajstić information content (AvgIpc) is 2.94. The number of hydrogen-bond donors (Lipinski definition) is 1. The second-order valence-corrected chi connectivity index (χ2v) is 7.88. The molecule has 1 aromatic heterocycles. The van der Waals surface area contributed by atoms with E-state index >= 15 is 0 Å². The number of nitrogens with one attached hydrogen (secondary N) is 1. The smallest absolute Gasteiger partial charge is 0.255 e. The Balaban J connectivity index is 2.60. The van der Waals surface area contributed by atoms with Gasteiger partial charge in [0, 0.05) is 11.6 Å². The van der Waals surface area contributed by atoms with E-state index in [4.69, 9.17) is 16.7 Å². The second kappa shape index (κ2) is 8.05. The molecule has 0 aliphatic rings. The molecule has 0 aliphatic carbocycles. The van der Waals surface area contributed by atoms with Gasteiger partial charge in [0.15, 0.2) is 0 Å². The highest BCUT2D eigenvalue weighted by Gasteiger charge is 2.27. The monoisotopic (exact) mass is 361 g/mol. The van der Waals surface area contributed by atoms with Crippen molar-refractivity contribution in [2.75, 3.05) is 6.54 Å². The fraction of sp³-hybridized carbons (Fsp3) is 0.500. The van der Waals surface area contributed by atoms with E-state index in [-0.39, 0.29) is 17.7 Å². The first-order valence-corrected chi connectivity index (χ1v) is 9.27. The molecule has 0 saturated carbocycles. The molecule has 0 unspecified atom stereocenters. The number of amides is 1. The Hall–Kier alpha value is -1.81.